The monoisotopic (exact) mass is 316 g/mol. The van der Waals surface area contributed by atoms with Gasteiger partial charge in [-0.25, -0.2) is 0 Å². The molecule has 2 aromatic rings. The van der Waals surface area contributed by atoms with Crippen molar-refractivity contribution in [3.05, 3.63) is 58.3 Å². The van der Waals surface area contributed by atoms with Crippen LogP contribution in [0.5, 0.6) is 0 Å². The van der Waals surface area contributed by atoms with Crippen LogP contribution in [0.25, 0.3) is 0 Å². The van der Waals surface area contributed by atoms with Crippen molar-refractivity contribution >= 4 is 23.2 Å². The van der Waals surface area contributed by atoms with E-state index in [2.05, 4.69) is 5.32 Å². The van der Waals surface area contributed by atoms with Crippen LogP contribution in [0.3, 0.4) is 0 Å². The molecular formula is C17H20N2O2S. The number of carbonyl (C=O) groups is 2. The van der Waals surface area contributed by atoms with Crippen LogP contribution in [0.1, 0.15) is 35.1 Å². The molecule has 22 heavy (non-hydrogen) atoms. The Balaban J connectivity index is 1.92. The summed E-state index contributed by atoms with van der Waals surface area (Å²) < 4.78 is 0. The number of thiophene rings is 1. The molecule has 0 spiro atoms. The van der Waals surface area contributed by atoms with E-state index in [0.29, 0.717) is 18.0 Å². The number of carbonyl (C=O) groups excluding carboxylic acids is 2. The molecule has 116 valence electrons. The molecule has 1 unspecified atom stereocenters. The molecule has 0 saturated carbocycles. The first-order valence-corrected chi connectivity index (χ1v) is 8.11. The fraction of sp³-hybridized carbons (Fsp3) is 0.294. The zero-order valence-electron chi connectivity index (χ0n) is 12.8. The van der Waals surface area contributed by atoms with Crippen molar-refractivity contribution in [2.45, 2.75) is 19.9 Å². The predicted octanol–water partition coefficient (Wildman–Crippen LogP) is 3.09. The van der Waals surface area contributed by atoms with Crippen molar-refractivity contribution in [3.8, 4) is 0 Å². The second-order valence-corrected chi connectivity index (χ2v) is 5.98. The standard InChI is InChI=1S/C17H20N2O2S/c1-13(15-7-4-3-5-8-15)19(14(2)20)11-10-18-17(21)16-9-6-12-22-16/h3-9,12-13H,10-11H2,1-2H3,(H,18,21). The third kappa shape index (κ3) is 4.18. The molecule has 1 heterocycles. The van der Waals surface area contributed by atoms with Crippen molar-refractivity contribution < 1.29 is 9.59 Å². The maximum atomic E-state index is 11.9. The second kappa shape index (κ2) is 7.75. The number of hydrogen-bond donors (Lipinski definition) is 1. The Hall–Kier alpha value is -2.14. The van der Waals surface area contributed by atoms with Gasteiger partial charge in [-0.3, -0.25) is 9.59 Å². The molecule has 1 aromatic heterocycles. The van der Waals surface area contributed by atoms with Crippen LogP contribution >= 0.6 is 11.3 Å². The maximum Gasteiger partial charge on any atom is 0.261 e. The molecule has 0 bridgehead atoms. The van der Waals surface area contributed by atoms with Gasteiger partial charge < -0.3 is 10.2 Å². The van der Waals surface area contributed by atoms with Crippen LogP contribution in [-0.2, 0) is 4.79 Å². The summed E-state index contributed by atoms with van der Waals surface area (Å²) in [4.78, 5) is 26.2. The van der Waals surface area contributed by atoms with Crippen LogP contribution in [0.2, 0.25) is 0 Å². The molecule has 5 heteroatoms. The predicted molar refractivity (Wildman–Crippen MR) is 88.9 cm³/mol. The van der Waals surface area contributed by atoms with Crippen molar-refractivity contribution in [2.24, 2.45) is 0 Å². The van der Waals surface area contributed by atoms with Gasteiger partial charge in [-0.1, -0.05) is 36.4 Å². The van der Waals surface area contributed by atoms with Crippen LogP contribution in [0.15, 0.2) is 47.8 Å². The minimum Gasteiger partial charge on any atom is -0.350 e. The molecule has 0 aliphatic rings. The first-order chi connectivity index (χ1) is 10.6. The Kier molecular flexibility index (Phi) is 5.72. The number of hydrogen-bond acceptors (Lipinski definition) is 3. The largest absolute Gasteiger partial charge is 0.350 e. The molecule has 2 amide bonds. The van der Waals surface area contributed by atoms with E-state index in [9.17, 15) is 9.59 Å². The lowest BCUT2D eigenvalue weighted by Crippen LogP contribution is -2.38. The van der Waals surface area contributed by atoms with Gasteiger partial charge in [0, 0.05) is 20.0 Å². The van der Waals surface area contributed by atoms with Crippen molar-refractivity contribution in [1.29, 1.82) is 0 Å². The Morgan fingerprint density at radius 2 is 1.91 bits per heavy atom. The molecule has 1 aromatic carbocycles. The molecule has 4 nitrogen and oxygen atoms in total. The first kappa shape index (κ1) is 16.2. The highest BCUT2D eigenvalue weighted by Crippen LogP contribution is 2.19. The Morgan fingerprint density at radius 3 is 2.50 bits per heavy atom. The zero-order valence-corrected chi connectivity index (χ0v) is 13.6. The number of benzene rings is 1. The van der Waals surface area contributed by atoms with Gasteiger partial charge in [0.2, 0.25) is 5.91 Å². The highest BCUT2D eigenvalue weighted by molar-refractivity contribution is 7.12. The molecule has 0 fully saturated rings. The zero-order chi connectivity index (χ0) is 15.9. The summed E-state index contributed by atoms with van der Waals surface area (Å²) >= 11 is 1.41. The van der Waals surface area contributed by atoms with E-state index in [1.807, 2.05) is 48.7 Å². The molecule has 0 saturated heterocycles. The molecule has 1 N–H and O–H groups in total. The third-order valence-corrected chi connectivity index (χ3v) is 4.41. The third-order valence-electron chi connectivity index (χ3n) is 3.54. The van der Waals surface area contributed by atoms with Crippen LogP contribution in [-0.4, -0.2) is 29.8 Å². The van der Waals surface area contributed by atoms with E-state index < -0.39 is 0 Å². The lowest BCUT2D eigenvalue weighted by molar-refractivity contribution is -0.130. The van der Waals surface area contributed by atoms with Gasteiger partial charge in [0.05, 0.1) is 10.9 Å². The molecule has 0 radical (unpaired) electrons. The van der Waals surface area contributed by atoms with Crippen LogP contribution in [0, 0.1) is 0 Å². The fourth-order valence-corrected chi connectivity index (χ4v) is 2.96. The van der Waals surface area contributed by atoms with Gasteiger partial charge in [-0.15, -0.1) is 11.3 Å². The van der Waals surface area contributed by atoms with E-state index in [-0.39, 0.29) is 17.9 Å². The van der Waals surface area contributed by atoms with Gasteiger partial charge in [-0.2, -0.15) is 0 Å². The van der Waals surface area contributed by atoms with Gasteiger partial charge in [0.15, 0.2) is 0 Å². The Labute approximate surface area is 134 Å². The van der Waals surface area contributed by atoms with Crippen LogP contribution < -0.4 is 5.32 Å². The number of nitrogens with one attached hydrogen (secondary N) is 1. The number of amides is 2. The highest BCUT2D eigenvalue weighted by Gasteiger charge is 2.18. The fourth-order valence-electron chi connectivity index (χ4n) is 2.32. The van der Waals surface area contributed by atoms with E-state index in [1.54, 1.807) is 17.9 Å². The van der Waals surface area contributed by atoms with Gasteiger partial charge >= 0.3 is 0 Å². The van der Waals surface area contributed by atoms with Gasteiger partial charge in [-0.05, 0) is 23.9 Å². The normalized spacial score (nSPS) is 11.7. The van der Waals surface area contributed by atoms with Crippen LogP contribution in [0.4, 0.5) is 0 Å². The molecule has 1 atom stereocenters. The number of rotatable bonds is 6. The minimum atomic E-state index is -0.0918. The quantitative estimate of drug-likeness (QED) is 0.890. The Bertz CT molecular complexity index is 611. The maximum absolute atomic E-state index is 11.9. The van der Waals surface area contributed by atoms with Crippen molar-refractivity contribution in [1.82, 2.24) is 10.2 Å². The summed E-state index contributed by atoms with van der Waals surface area (Å²) in [5, 5.41) is 4.72. The minimum absolute atomic E-state index is 0.00160. The van der Waals surface area contributed by atoms with E-state index in [4.69, 9.17) is 0 Å². The summed E-state index contributed by atoms with van der Waals surface area (Å²) in [5.41, 5.74) is 1.09. The second-order valence-electron chi connectivity index (χ2n) is 5.03. The lowest BCUT2D eigenvalue weighted by Gasteiger charge is -2.28. The first-order valence-electron chi connectivity index (χ1n) is 7.23. The topological polar surface area (TPSA) is 49.4 Å². The van der Waals surface area contributed by atoms with Crippen molar-refractivity contribution in [2.75, 3.05) is 13.1 Å². The summed E-state index contributed by atoms with van der Waals surface area (Å²) in [7, 11) is 0. The average Bonchev–Trinajstić information content (AvgIpc) is 3.06. The molecular weight excluding hydrogens is 296 g/mol. The highest BCUT2D eigenvalue weighted by atomic mass is 32.1. The van der Waals surface area contributed by atoms with Gasteiger partial charge in [0.1, 0.15) is 0 Å². The lowest BCUT2D eigenvalue weighted by atomic mass is 10.1. The smallest absolute Gasteiger partial charge is 0.261 e. The van der Waals surface area contributed by atoms with E-state index in [1.165, 1.54) is 11.3 Å². The number of nitrogens with zero attached hydrogens (tertiary/aromatic N) is 1. The molecule has 0 aliphatic heterocycles. The summed E-state index contributed by atoms with van der Waals surface area (Å²) in [6, 6.07) is 13.5. The summed E-state index contributed by atoms with van der Waals surface area (Å²) in [5.74, 6) is -0.0902. The Morgan fingerprint density at radius 1 is 1.18 bits per heavy atom. The summed E-state index contributed by atoms with van der Waals surface area (Å²) in [6.07, 6.45) is 0. The van der Waals surface area contributed by atoms with E-state index in [0.717, 1.165) is 5.56 Å². The summed E-state index contributed by atoms with van der Waals surface area (Å²) in [6.45, 7) is 4.48. The van der Waals surface area contributed by atoms with Gasteiger partial charge in [0.25, 0.3) is 5.91 Å². The van der Waals surface area contributed by atoms with Crippen molar-refractivity contribution in [3.63, 3.8) is 0 Å². The van der Waals surface area contributed by atoms with E-state index >= 15 is 0 Å². The molecule has 0 aliphatic carbocycles. The molecule has 2 rings (SSSR count). The average molecular weight is 316 g/mol. The SMILES string of the molecule is CC(=O)N(CCNC(=O)c1cccs1)C(C)c1ccccc1.